The summed E-state index contributed by atoms with van der Waals surface area (Å²) in [5.74, 6) is 0. The fourth-order valence-electron chi connectivity index (χ4n) is 3.56. The molecule has 0 amide bonds. The maximum absolute atomic E-state index is 6.16. The summed E-state index contributed by atoms with van der Waals surface area (Å²) in [5, 5.41) is 1.92. The van der Waals surface area contributed by atoms with Crippen LogP contribution in [0.2, 0.25) is 0 Å². The molecule has 4 aromatic rings. The van der Waals surface area contributed by atoms with Crippen LogP contribution >= 0.6 is 0 Å². The van der Waals surface area contributed by atoms with Gasteiger partial charge in [0.05, 0.1) is 10.8 Å². The lowest BCUT2D eigenvalue weighted by molar-refractivity contribution is 0.383. The van der Waals surface area contributed by atoms with Gasteiger partial charge in [-0.25, -0.2) is 4.98 Å². The zero-order valence-electron chi connectivity index (χ0n) is 14.7. The number of aromatic nitrogens is 1. The number of rotatable bonds is 1. The van der Waals surface area contributed by atoms with Gasteiger partial charge in [-0.3, -0.25) is 0 Å². The van der Waals surface area contributed by atoms with E-state index in [1.165, 1.54) is 5.56 Å². The van der Waals surface area contributed by atoms with Crippen LogP contribution in [0.1, 0.15) is 18.2 Å². The molecule has 1 aromatic carbocycles. The zero-order valence-corrected chi connectivity index (χ0v) is 14.7. The van der Waals surface area contributed by atoms with Gasteiger partial charge < -0.3 is 18.6 Å². The van der Waals surface area contributed by atoms with E-state index < -0.39 is 0 Å². The highest BCUT2D eigenvalue weighted by atomic mass is 16.4. The first-order chi connectivity index (χ1) is 12.0. The lowest BCUT2D eigenvalue weighted by atomic mass is 10.1. The van der Waals surface area contributed by atoms with Crippen LogP contribution in [-0.2, 0) is 0 Å². The first kappa shape index (κ1) is 14.4. The molecule has 0 unspecified atom stereocenters. The van der Waals surface area contributed by atoms with Crippen molar-refractivity contribution in [2.75, 3.05) is 11.9 Å². The quantitative estimate of drug-likeness (QED) is 0.495. The van der Waals surface area contributed by atoms with Crippen LogP contribution in [0.15, 0.2) is 45.5 Å². The first-order valence-corrected chi connectivity index (χ1v) is 8.44. The van der Waals surface area contributed by atoms with E-state index in [0.29, 0.717) is 5.71 Å². The molecule has 25 heavy (non-hydrogen) atoms. The Morgan fingerprint density at radius 2 is 1.80 bits per heavy atom. The number of fused-ring (bicyclic) bond motifs is 5. The molecule has 0 aliphatic carbocycles. The van der Waals surface area contributed by atoms with Crippen molar-refractivity contribution in [1.82, 2.24) is 9.88 Å². The number of furan rings is 2. The topological polar surface area (TPSA) is 45.7 Å². The van der Waals surface area contributed by atoms with E-state index in [2.05, 4.69) is 60.2 Å². The molecular formula is C20H19N3O2. The van der Waals surface area contributed by atoms with Crippen molar-refractivity contribution in [2.45, 2.75) is 26.9 Å². The molecule has 126 valence electrons. The van der Waals surface area contributed by atoms with Crippen LogP contribution in [0, 0.1) is 13.8 Å². The Bertz CT molecular complexity index is 1170. The van der Waals surface area contributed by atoms with Crippen molar-refractivity contribution in [1.29, 1.82) is 0 Å². The number of hydrogen-bond donors (Lipinski definition) is 0. The molecule has 3 aromatic heterocycles. The van der Waals surface area contributed by atoms with Gasteiger partial charge in [0.1, 0.15) is 11.7 Å². The third-order valence-corrected chi connectivity index (χ3v) is 5.14. The molecule has 5 heteroatoms. The normalized spacial score (nSPS) is 17.7. The summed E-state index contributed by atoms with van der Waals surface area (Å²) < 4.78 is 12.2. The second-order valence-electron chi connectivity index (χ2n) is 6.81. The van der Waals surface area contributed by atoms with Gasteiger partial charge in [0.2, 0.25) is 5.71 Å². The molecule has 0 saturated carbocycles. The summed E-state index contributed by atoms with van der Waals surface area (Å²) in [6.07, 6.45) is 4.47. The van der Waals surface area contributed by atoms with E-state index in [9.17, 15) is 0 Å². The highest BCUT2D eigenvalue weighted by Crippen LogP contribution is 2.39. The lowest BCUT2D eigenvalue weighted by Crippen LogP contribution is -2.33. The zero-order chi connectivity index (χ0) is 17.3. The van der Waals surface area contributed by atoms with Gasteiger partial charge in [0.25, 0.3) is 0 Å². The Morgan fingerprint density at radius 3 is 2.56 bits per heavy atom. The number of aryl methyl sites for hydroxylation is 2. The smallest absolute Gasteiger partial charge is 0.230 e. The summed E-state index contributed by atoms with van der Waals surface area (Å²) in [6.45, 7) is 6.26. The van der Waals surface area contributed by atoms with Crippen molar-refractivity contribution in [3.8, 4) is 0 Å². The van der Waals surface area contributed by atoms with E-state index in [4.69, 9.17) is 8.83 Å². The van der Waals surface area contributed by atoms with Crippen LogP contribution < -0.4 is 4.90 Å². The summed E-state index contributed by atoms with van der Waals surface area (Å²) >= 11 is 0. The SMILES string of the molecule is Cc1ccc2c(n1)oc1c3cc(C)c(N4C=CN(C)[C@@H]4C)cc3oc21. The Kier molecular flexibility index (Phi) is 2.76. The highest BCUT2D eigenvalue weighted by Gasteiger charge is 2.24. The number of benzene rings is 1. The van der Waals surface area contributed by atoms with Gasteiger partial charge in [-0.05, 0) is 44.5 Å². The van der Waals surface area contributed by atoms with Crippen LogP contribution in [-0.4, -0.2) is 23.1 Å². The molecule has 0 fully saturated rings. The number of pyridine rings is 1. The maximum Gasteiger partial charge on any atom is 0.230 e. The van der Waals surface area contributed by atoms with E-state index >= 15 is 0 Å². The lowest BCUT2D eigenvalue weighted by Gasteiger charge is -2.28. The minimum absolute atomic E-state index is 0.280. The van der Waals surface area contributed by atoms with E-state index in [1.54, 1.807) is 0 Å². The Morgan fingerprint density at radius 1 is 1.00 bits per heavy atom. The van der Waals surface area contributed by atoms with Gasteiger partial charge >= 0.3 is 0 Å². The standard InChI is InChI=1S/C20H19N3O2/c1-11-9-15-17(10-16(11)23-8-7-22(4)13(23)3)24-18-14-6-5-12(2)21-20(14)25-19(15)18/h5-10,13H,1-4H3/t13-/m0/s1. The minimum Gasteiger partial charge on any atom is -0.452 e. The fraction of sp³-hybridized carbons (Fsp3) is 0.250. The predicted octanol–water partition coefficient (Wildman–Crippen LogP) is 4.91. The van der Waals surface area contributed by atoms with Crippen LogP contribution in [0.3, 0.4) is 0 Å². The highest BCUT2D eigenvalue weighted by molar-refractivity contribution is 6.12. The summed E-state index contributed by atoms with van der Waals surface area (Å²) in [7, 11) is 2.08. The van der Waals surface area contributed by atoms with E-state index in [1.807, 2.05) is 19.1 Å². The molecule has 5 rings (SSSR count). The third kappa shape index (κ3) is 1.92. The predicted molar refractivity (Wildman–Crippen MR) is 99.6 cm³/mol. The molecule has 0 radical (unpaired) electrons. The van der Waals surface area contributed by atoms with Crippen molar-refractivity contribution < 1.29 is 8.83 Å². The third-order valence-electron chi connectivity index (χ3n) is 5.14. The molecule has 5 nitrogen and oxygen atoms in total. The first-order valence-electron chi connectivity index (χ1n) is 8.44. The second kappa shape index (κ2) is 4.79. The molecular weight excluding hydrogens is 314 g/mol. The summed E-state index contributed by atoms with van der Waals surface area (Å²) in [6, 6.07) is 8.24. The Labute approximate surface area is 145 Å². The van der Waals surface area contributed by atoms with Gasteiger partial charge in [-0.15, -0.1) is 0 Å². The Hall–Kier alpha value is -2.95. The van der Waals surface area contributed by atoms with Gasteiger partial charge in [0, 0.05) is 36.9 Å². The van der Waals surface area contributed by atoms with Crippen molar-refractivity contribution in [3.63, 3.8) is 0 Å². The fourth-order valence-corrected chi connectivity index (χ4v) is 3.56. The average Bonchev–Trinajstić information content (AvgIpc) is 3.20. The second-order valence-corrected chi connectivity index (χ2v) is 6.81. The monoisotopic (exact) mass is 333 g/mol. The number of hydrogen-bond acceptors (Lipinski definition) is 5. The van der Waals surface area contributed by atoms with Gasteiger partial charge in [0.15, 0.2) is 11.2 Å². The van der Waals surface area contributed by atoms with Crippen LogP contribution in [0.25, 0.3) is 33.2 Å². The van der Waals surface area contributed by atoms with Gasteiger partial charge in [-0.2, -0.15) is 0 Å². The molecule has 0 spiro atoms. The largest absolute Gasteiger partial charge is 0.452 e. The molecule has 0 bridgehead atoms. The van der Waals surface area contributed by atoms with Crippen LogP contribution in [0.4, 0.5) is 5.69 Å². The molecule has 0 N–H and O–H groups in total. The average molecular weight is 333 g/mol. The summed E-state index contributed by atoms with van der Waals surface area (Å²) in [5.41, 5.74) is 6.30. The molecule has 1 aliphatic heterocycles. The van der Waals surface area contributed by atoms with Crippen molar-refractivity contribution in [3.05, 3.63) is 47.9 Å². The van der Waals surface area contributed by atoms with E-state index in [-0.39, 0.29) is 6.17 Å². The number of nitrogens with zero attached hydrogens (tertiary/aromatic N) is 3. The Balaban J connectivity index is 1.75. The van der Waals surface area contributed by atoms with Crippen molar-refractivity contribution >= 4 is 38.9 Å². The number of anilines is 1. The molecule has 0 saturated heterocycles. The van der Waals surface area contributed by atoms with Crippen LogP contribution in [0.5, 0.6) is 0 Å². The summed E-state index contributed by atoms with van der Waals surface area (Å²) in [4.78, 5) is 8.90. The maximum atomic E-state index is 6.16. The van der Waals surface area contributed by atoms with Crippen molar-refractivity contribution in [2.24, 2.45) is 0 Å². The van der Waals surface area contributed by atoms with E-state index in [0.717, 1.165) is 38.9 Å². The molecule has 1 atom stereocenters. The minimum atomic E-state index is 0.280. The molecule has 1 aliphatic rings. The molecule has 4 heterocycles. The van der Waals surface area contributed by atoms with Gasteiger partial charge in [-0.1, -0.05) is 0 Å².